The van der Waals surface area contributed by atoms with Gasteiger partial charge in [0.05, 0.1) is 28.8 Å². The second-order valence-electron chi connectivity index (χ2n) is 5.61. The van der Waals surface area contributed by atoms with Gasteiger partial charge in [0.2, 0.25) is 0 Å². The lowest BCUT2D eigenvalue weighted by Crippen LogP contribution is -2.10. The van der Waals surface area contributed by atoms with Crippen LogP contribution in [0.5, 0.6) is 5.75 Å². The molecule has 150 valence electrons. The molecular weight excluding hydrogens is 467 g/mol. The van der Waals surface area contributed by atoms with Crippen LogP contribution in [0.2, 0.25) is 5.02 Å². The van der Waals surface area contributed by atoms with Gasteiger partial charge in [0, 0.05) is 17.0 Å². The zero-order chi connectivity index (χ0) is 21.1. The van der Waals surface area contributed by atoms with Crippen LogP contribution in [-0.2, 0) is 15.7 Å². The molecule has 0 atom stereocenters. The van der Waals surface area contributed by atoms with E-state index in [-0.39, 0.29) is 45.9 Å². The normalized spacial score (nSPS) is 11.4. The van der Waals surface area contributed by atoms with E-state index in [1.807, 2.05) is 0 Å². The fourth-order valence-corrected chi connectivity index (χ4v) is 2.92. The lowest BCUT2D eigenvalue weighted by Gasteiger charge is -2.12. The van der Waals surface area contributed by atoms with Crippen molar-refractivity contribution in [3.05, 3.63) is 45.0 Å². The molecule has 0 saturated heterocycles. The highest BCUT2D eigenvalue weighted by Crippen LogP contribution is 2.38. The Morgan fingerprint density at radius 2 is 1.93 bits per heavy atom. The highest BCUT2D eigenvalue weighted by Gasteiger charge is 2.31. The minimum atomic E-state index is -4.59. The lowest BCUT2D eigenvalue weighted by atomic mass is 10.1. The number of hydrogen-bond donors (Lipinski definition) is 1. The number of esters is 1. The Bertz CT molecular complexity index is 918. The Kier molecular flexibility index (Phi) is 7.06. The molecule has 0 aliphatic heterocycles. The van der Waals surface area contributed by atoms with Gasteiger partial charge < -0.3 is 9.84 Å². The second-order valence-corrected chi connectivity index (χ2v) is 6.87. The molecule has 2 aromatic rings. The number of carbonyl (C=O) groups excluding carboxylic acids is 2. The van der Waals surface area contributed by atoms with Crippen LogP contribution in [0.4, 0.5) is 13.2 Å². The van der Waals surface area contributed by atoms with Crippen LogP contribution in [0.15, 0.2) is 28.7 Å². The summed E-state index contributed by atoms with van der Waals surface area (Å²) in [6, 6.07) is 3.96. The lowest BCUT2D eigenvalue weighted by molar-refractivity contribution is -0.143. The minimum absolute atomic E-state index is 0.0111. The van der Waals surface area contributed by atoms with Crippen molar-refractivity contribution in [3.8, 4) is 17.0 Å². The van der Waals surface area contributed by atoms with E-state index in [1.54, 1.807) is 6.92 Å². The molecule has 0 saturated carbocycles. The molecular formula is C18H14BrClF3NO4. The Labute approximate surface area is 171 Å². The van der Waals surface area contributed by atoms with Crippen LogP contribution in [0, 0.1) is 0 Å². The zero-order valence-corrected chi connectivity index (χ0v) is 16.8. The van der Waals surface area contributed by atoms with E-state index in [4.69, 9.17) is 16.3 Å². The Morgan fingerprint density at radius 1 is 1.25 bits per heavy atom. The topological polar surface area (TPSA) is 76.5 Å². The first kappa shape index (κ1) is 22.2. The van der Waals surface area contributed by atoms with Gasteiger partial charge in [-0.05, 0) is 47.1 Å². The van der Waals surface area contributed by atoms with Gasteiger partial charge in [0.15, 0.2) is 11.5 Å². The summed E-state index contributed by atoms with van der Waals surface area (Å²) in [4.78, 5) is 27.7. The molecule has 0 amide bonds. The molecule has 0 aliphatic rings. The molecule has 0 unspecified atom stereocenters. The molecule has 28 heavy (non-hydrogen) atoms. The maximum Gasteiger partial charge on any atom is 0.416 e. The van der Waals surface area contributed by atoms with Gasteiger partial charge in [0.1, 0.15) is 5.69 Å². The second kappa shape index (κ2) is 8.91. The third-order valence-electron chi connectivity index (χ3n) is 3.64. The number of hydrogen-bond acceptors (Lipinski definition) is 5. The van der Waals surface area contributed by atoms with Crippen molar-refractivity contribution >= 4 is 39.3 Å². The highest BCUT2D eigenvalue weighted by atomic mass is 79.9. The smallest absolute Gasteiger partial charge is 0.416 e. The Hall–Kier alpha value is -2.13. The van der Waals surface area contributed by atoms with Gasteiger partial charge >= 0.3 is 12.1 Å². The first-order valence-corrected chi connectivity index (χ1v) is 9.17. The molecule has 5 nitrogen and oxygen atoms in total. The summed E-state index contributed by atoms with van der Waals surface area (Å²) in [5, 5.41) is 10.1. The predicted molar refractivity (Wildman–Crippen MR) is 99.2 cm³/mol. The summed E-state index contributed by atoms with van der Waals surface area (Å²) in [6.45, 7) is 1.78. The van der Waals surface area contributed by atoms with Crippen molar-refractivity contribution in [3.63, 3.8) is 0 Å². The first-order valence-electron chi connectivity index (χ1n) is 8.00. The van der Waals surface area contributed by atoms with Crippen LogP contribution in [0.3, 0.4) is 0 Å². The molecule has 1 aromatic heterocycles. The van der Waals surface area contributed by atoms with E-state index in [0.29, 0.717) is 0 Å². The Balaban J connectivity index is 2.44. The zero-order valence-electron chi connectivity index (χ0n) is 14.4. The molecule has 1 N–H and O–H groups in total. The van der Waals surface area contributed by atoms with E-state index in [0.717, 1.165) is 18.2 Å². The number of ether oxygens (including phenoxy) is 1. The monoisotopic (exact) mass is 479 g/mol. The van der Waals surface area contributed by atoms with Gasteiger partial charge in [-0.2, -0.15) is 13.2 Å². The third kappa shape index (κ3) is 5.23. The van der Waals surface area contributed by atoms with Gasteiger partial charge in [-0.25, -0.2) is 4.98 Å². The largest absolute Gasteiger partial charge is 0.504 e. The maximum absolute atomic E-state index is 13.0. The number of rotatable bonds is 6. The predicted octanol–water partition coefficient (Wildman–Crippen LogP) is 5.41. The fraction of sp³-hybridized carbons (Fsp3) is 0.278. The van der Waals surface area contributed by atoms with Gasteiger partial charge in [-0.15, -0.1) is 0 Å². The summed E-state index contributed by atoms with van der Waals surface area (Å²) >= 11 is 9.06. The van der Waals surface area contributed by atoms with Crippen molar-refractivity contribution in [2.24, 2.45) is 0 Å². The number of benzene rings is 1. The summed E-state index contributed by atoms with van der Waals surface area (Å²) in [6.07, 6.45) is -5.10. The van der Waals surface area contributed by atoms with E-state index in [2.05, 4.69) is 20.9 Å². The SMILES string of the molecule is CCOC(=O)CCC(=O)c1nc(-c2cc(C(F)(F)F)ccc2Cl)cc(Br)c1O. The molecule has 0 radical (unpaired) electrons. The summed E-state index contributed by atoms with van der Waals surface area (Å²) in [5.41, 5.74) is -1.42. The van der Waals surface area contributed by atoms with Crippen molar-refractivity contribution in [2.75, 3.05) is 6.61 Å². The van der Waals surface area contributed by atoms with Crippen molar-refractivity contribution < 1.29 is 32.6 Å². The van der Waals surface area contributed by atoms with Gasteiger partial charge in [-0.3, -0.25) is 9.59 Å². The molecule has 1 heterocycles. The van der Waals surface area contributed by atoms with Crippen molar-refractivity contribution in [2.45, 2.75) is 25.9 Å². The summed E-state index contributed by atoms with van der Waals surface area (Å²) in [5.74, 6) is -1.75. The number of ketones is 1. The standard InChI is InChI=1S/C18H14BrClF3NO4/c1-2-28-15(26)6-5-14(25)16-17(27)11(19)8-13(24-16)10-7-9(18(21,22)23)3-4-12(10)20/h3-4,7-8,27H,2,5-6H2,1H3. The molecule has 1 aromatic carbocycles. The third-order valence-corrected chi connectivity index (χ3v) is 4.58. The molecule has 2 rings (SSSR count). The van der Waals surface area contributed by atoms with E-state index >= 15 is 0 Å². The quantitative estimate of drug-likeness (QED) is 0.442. The van der Waals surface area contributed by atoms with Crippen LogP contribution < -0.4 is 0 Å². The van der Waals surface area contributed by atoms with Gasteiger partial charge in [0.25, 0.3) is 0 Å². The van der Waals surface area contributed by atoms with E-state index in [1.165, 1.54) is 6.07 Å². The highest BCUT2D eigenvalue weighted by molar-refractivity contribution is 9.10. The molecule has 0 aliphatic carbocycles. The molecule has 0 bridgehead atoms. The van der Waals surface area contributed by atoms with E-state index < -0.39 is 29.2 Å². The van der Waals surface area contributed by atoms with Crippen LogP contribution in [0.25, 0.3) is 11.3 Å². The number of nitrogens with zero attached hydrogens (tertiary/aromatic N) is 1. The van der Waals surface area contributed by atoms with Crippen molar-refractivity contribution in [1.82, 2.24) is 4.98 Å². The maximum atomic E-state index is 13.0. The number of pyridine rings is 1. The fourth-order valence-electron chi connectivity index (χ4n) is 2.30. The van der Waals surface area contributed by atoms with E-state index in [9.17, 15) is 27.9 Å². The molecule has 0 fully saturated rings. The number of alkyl halides is 3. The number of aromatic nitrogens is 1. The van der Waals surface area contributed by atoms with Crippen LogP contribution in [0.1, 0.15) is 35.8 Å². The van der Waals surface area contributed by atoms with Crippen LogP contribution >= 0.6 is 27.5 Å². The van der Waals surface area contributed by atoms with Crippen molar-refractivity contribution in [1.29, 1.82) is 0 Å². The number of carbonyl (C=O) groups is 2. The van der Waals surface area contributed by atoms with Gasteiger partial charge in [-0.1, -0.05) is 11.6 Å². The number of aromatic hydroxyl groups is 1. The van der Waals surface area contributed by atoms with Crippen LogP contribution in [-0.4, -0.2) is 28.4 Å². The molecule has 0 spiro atoms. The minimum Gasteiger partial charge on any atom is -0.504 e. The number of halogens is 5. The number of Topliss-reactive ketones (excluding diaryl/α,β-unsaturated/α-hetero) is 1. The summed E-state index contributed by atoms with van der Waals surface area (Å²) in [7, 11) is 0. The Morgan fingerprint density at radius 3 is 2.54 bits per heavy atom. The molecule has 10 heteroatoms. The average Bonchev–Trinajstić information content (AvgIpc) is 2.61. The summed E-state index contributed by atoms with van der Waals surface area (Å²) < 4.78 is 43.8. The average molecular weight is 481 g/mol. The first-order chi connectivity index (χ1) is 13.0.